The van der Waals surface area contributed by atoms with Gasteiger partial charge in [0, 0.05) is 18.0 Å². The SMILES string of the molecule is O=c1onc(-c2ccccc2)n1CC(O)CN1CCC(c2nc3ccccc3s2)CC1. The van der Waals surface area contributed by atoms with Gasteiger partial charge in [0.1, 0.15) is 0 Å². The number of para-hydroxylation sites is 1. The van der Waals surface area contributed by atoms with Gasteiger partial charge in [0.05, 0.1) is 27.9 Å². The van der Waals surface area contributed by atoms with Crippen LogP contribution < -0.4 is 5.76 Å². The number of likely N-dealkylation sites (tertiary alicyclic amines) is 1. The van der Waals surface area contributed by atoms with Gasteiger partial charge in [0.15, 0.2) is 5.82 Å². The molecule has 1 unspecified atom stereocenters. The fraction of sp³-hybridized carbons (Fsp3) is 0.348. The average Bonchev–Trinajstić information content (AvgIpc) is 3.39. The van der Waals surface area contributed by atoms with Crippen molar-refractivity contribution in [1.82, 2.24) is 19.6 Å². The lowest BCUT2D eigenvalue weighted by Crippen LogP contribution is -2.40. The Morgan fingerprint density at radius 1 is 1.06 bits per heavy atom. The van der Waals surface area contributed by atoms with Crippen molar-refractivity contribution in [2.24, 2.45) is 0 Å². The van der Waals surface area contributed by atoms with Gasteiger partial charge < -0.3 is 10.0 Å². The van der Waals surface area contributed by atoms with E-state index in [-0.39, 0.29) is 6.54 Å². The minimum atomic E-state index is -0.682. The monoisotopic (exact) mass is 436 g/mol. The molecule has 1 saturated heterocycles. The summed E-state index contributed by atoms with van der Waals surface area (Å²) < 4.78 is 7.51. The molecule has 4 aromatic rings. The van der Waals surface area contributed by atoms with Gasteiger partial charge in [0.2, 0.25) is 0 Å². The Kier molecular flexibility index (Phi) is 5.67. The topological polar surface area (TPSA) is 84.4 Å². The van der Waals surface area contributed by atoms with E-state index < -0.39 is 11.9 Å². The molecule has 1 aliphatic heterocycles. The summed E-state index contributed by atoms with van der Waals surface area (Å²) in [6.07, 6.45) is 1.36. The maximum Gasteiger partial charge on any atom is 0.441 e. The molecule has 160 valence electrons. The average molecular weight is 437 g/mol. The number of rotatable bonds is 6. The maximum absolute atomic E-state index is 12.1. The highest BCUT2D eigenvalue weighted by Gasteiger charge is 2.25. The Morgan fingerprint density at radius 2 is 1.81 bits per heavy atom. The number of β-amino-alcohol motifs (C(OH)–C–C–N with tert-alkyl or cyclic N) is 1. The Hall–Kier alpha value is -2.81. The van der Waals surface area contributed by atoms with Gasteiger partial charge in [-0.3, -0.25) is 9.09 Å². The standard InChI is InChI=1S/C23H24N4O3S/c28-18(15-27-21(25-30-23(27)29)16-6-2-1-3-7-16)14-26-12-10-17(11-13-26)22-24-19-8-4-5-9-20(19)31-22/h1-9,17-18,28H,10-15H2. The van der Waals surface area contributed by atoms with Gasteiger partial charge in [-0.25, -0.2) is 9.78 Å². The summed E-state index contributed by atoms with van der Waals surface area (Å²) in [4.78, 5) is 19.2. The van der Waals surface area contributed by atoms with Gasteiger partial charge >= 0.3 is 5.76 Å². The number of nitrogens with zero attached hydrogens (tertiary/aromatic N) is 4. The third-order valence-corrected chi connectivity index (χ3v) is 7.03. The van der Waals surface area contributed by atoms with E-state index in [0.717, 1.165) is 37.0 Å². The van der Waals surface area contributed by atoms with E-state index in [1.165, 1.54) is 14.3 Å². The lowest BCUT2D eigenvalue weighted by Gasteiger charge is -2.32. The second-order valence-electron chi connectivity index (χ2n) is 8.00. The van der Waals surface area contributed by atoms with Gasteiger partial charge in [-0.15, -0.1) is 11.3 Å². The molecule has 1 atom stereocenters. The third kappa shape index (κ3) is 4.32. The molecule has 2 aromatic carbocycles. The molecule has 1 aliphatic rings. The minimum absolute atomic E-state index is 0.157. The van der Waals surface area contributed by atoms with Gasteiger partial charge in [-0.2, -0.15) is 0 Å². The second kappa shape index (κ2) is 8.74. The Bertz CT molecular complexity index is 1180. The molecular formula is C23H24N4O3S. The molecule has 1 N–H and O–H groups in total. The predicted molar refractivity (Wildman–Crippen MR) is 120 cm³/mol. The van der Waals surface area contributed by atoms with E-state index in [4.69, 9.17) is 9.51 Å². The van der Waals surface area contributed by atoms with E-state index in [1.54, 1.807) is 11.3 Å². The summed E-state index contributed by atoms with van der Waals surface area (Å²) >= 11 is 1.79. The molecule has 3 heterocycles. The molecule has 1 fully saturated rings. The van der Waals surface area contributed by atoms with Gasteiger partial charge in [-0.05, 0) is 38.1 Å². The molecule has 8 heteroatoms. The quantitative estimate of drug-likeness (QED) is 0.499. The van der Waals surface area contributed by atoms with Crippen molar-refractivity contribution in [2.75, 3.05) is 19.6 Å². The molecule has 0 saturated carbocycles. The van der Waals surface area contributed by atoms with Crippen LogP contribution in [0.25, 0.3) is 21.6 Å². The van der Waals surface area contributed by atoms with Crippen molar-refractivity contribution >= 4 is 21.6 Å². The van der Waals surface area contributed by atoms with Crippen LogP contribution in [0.3, 0.4) is 0 Å². The van der Waals surface area contributed by atoms with Gasteiger partial charge in [-0.1, -0.05) is 47.6 Å². The van der Waals surface area contributed by atoms with Crippen LogP contribution in [0.5, 0.6) is 0 Å². The number of hydrogen-bond acceptors (Lipinski definition) is 7. The lowest BCUT2D eigenvalue weighted by molar-refractivity contribution is 0.0836. The number of aliphatic hydroxyl groups is 1. The van der Waals surface area contributed by atoms with Crippen LogP contribution in [0.15, 0.2) is 63.9 Å². The summed E-state index contributed by atoms with van der Waals surface area (Å²) in [5.41, 5.74) is 1.87. The molecule has 0 spiro atoms. The highest BCUT2D eigenvalue weighted by atomic mass is 32.1. The van der Waals surface area contributed by atoms with Crippen LogP contribution in [0, 0.1) is 0 Å². The predicted octanol–water partition coefficient (Wildman–Crippen LogP) is 3.35. The molecule has 0 bridgehead atoms. The Morgan fingerprint density at radius 3 is 2.58 bits per heavy atom. The van der Waals surface area contributed by atoms with Crippen molar-refractivity contribution < 1.29 is 9.63 Å². The number of fused-ring (bicyclic) bond motifs is 1. The van der Waals surface area contributed by atoms with Crippen molar-refractivity contribution in [3.63, 3.8) is 0 Å². The fourth-order valence-corrected chi connectivity index (χ4v) is 5.35. The number of piperidine rings is 1. The number of hydrogen-bond donors (Lipinski definition) is 1. The summed E-state index contributed by atoms with van der Waals surface area (Å²) in [5, 5.41) is 15.8. The maximum atomic E-state index is 12.1. The fourth-order valence-electron chi connectivity index (χ4n) is 4.22. The first-order valence-electron chi connectivity index (χ1n) is 10.5. The zero-order chi connectivity index (χ0) is 21.2. The summed E-state index contributed by atoms with van der Waals surface area (Å²) in [5.74, 6) is 0.364. The number of aliphatic hydroxyl groups excluding tert-OH is 1. The zero-order valence-electron chi connectivity index (χ0n) is 17.1. The molecule has 7 nitrogen and oxygen atoms in total. The molecule has 0 aliphatic carbocycles. The van der Waals surface area contributed by atoms with Crippen LogP contribution >= 0.6 is 11.3 Å². The summed E-state index contributed by atoms with van der Waals surface area (Å²) in [6.45, 7) is 2.48. The Balaban J connectivity index is 1.19. The molecule has 0 amide bonds. The third-order valence-electron chi connectivity index (χ3n) is 5.83. The normalized spacial score (nSPS) is 16.7. The molecule has 2 aromatic heterocycles. The van der Waals surface area contributed by atoms with E-state index >= 15 is 0 Å². The van der Waals surface area contributed by atoms with Gasteiger partial charge in [0.25, 0.3) is 0 Å². The minimum Gasteiger partial charge on any atom is -0.390 e. The van der Waals surface area contributed by atoms with Crippen molar-refractivity contribution in [3.05, 3.63) is 70.2 Å². The van der Waals surface area contributed by atoms with Crippen LogP contribution in [0.1, 0.15) is 23.8 Å². The molecule has 5 rings (SSSR count). The van der Waals surface area contributed by atoms with Crippen molar-refractivity contribution in [3.8, 4) is 11.4 Å². The van der Waals surface area contributed by atoms with Crippen LogP contribution in [0.4, 0.5) is 0 Å². The molecule has 31 heavy (non-hydrogen) atoms. The first-order chi connectivity index (χ1) is 15.2. The van der Waals surface area contributed by atoms with E-state index in [1.807, 2.05) is 36.4 Å². The molecular weight excluding hydrogens is 412 g/mol. The second-order valence-corrected chi connectivity index (χ2v) is 9.06. The van der Waals surface area contributed by atoms with Crippen LogP contribution in [-0.2, 0) is 6.54 Å². The summed E-state index contributed by atoms with van der Waals surface area (Å²) in [6, 6.07) is 17.7. The number of aromatic nitrogens is 3. The first kappa shape index (κ1) is 20.1. The van der Waals surface area contributed by atoms with Crippen LogP contribution in [-0.4, -0.2) is 50.5 Å². The summed E-state index contributed by atoms with van der Waals surface area (Å²) in [7, 11) is 0. The lowest BCUT2D eigenvalue weighted by atomic mass is 9.97. The highest BCUT2D eigenvalue weighted by Crippen LogP contribution is 2.33. The number of benzene rings is 2. The van der Waals surface area contributed by atoms with E-state index in [2.05, 4.69) is 28.3 Å². The largest absolute Gasteiger partial charge is 0.441 e. The van der Waals surface area contributed by atoms with Crippen molar-refractivity contribution in [1.29, 1.82) is 0 Å². The highest BCUT2D eigenvalue weighted by molar-refractivity contribution is 7.18. The van der Waals surface area contributed by atoms with Crippen LogP contribution in [0.2, 0.25) is 0 Å². The molecule has 0 radical (unpaired) electrons. The zero-order valence-corrected chi connectivity index (χ0v) is 17.9. The van der Waals surface area contributed by atoms with E-state index in [0.29, 0.717) is 18.3 Å². The first-order valence-corrected chi connectivity index (χ1v) is 11.4. The van der Waals surface area contributed by atoms with E-state index in [9.17, 15) is 9.90 Å². The van der Waals surface area contributed by atoms with Crippen molar-refractivity contribution in [2.45, 2.75) is 31.4 Å². The smallest absolute Gasteiger partial charge is 0.390 e. The number of thiazole rings is 1. The Labute approximate surface area is 183 Å².